The molecule has 0 spiro atoms. The van der Waals surface area contributed by atoms with Gasteiger partial charge in [0, 0.05) is 25.0 Å². The minimum absolute atomic E-state index is 0.0177. The van der Waals surface area contributed by atoms with E-state index in [1.165, 1.54) is 49.7 Å². The molecule has 0 radical (unpaired) electrons. The van der Waals surface area contributed by atoms with E-state index in [4.69, 9.17) is 0 Å². The van der Waals surface area contributed by atoms with Crippen molar-refractivity contribution < 1.29 is 18.0 Å². The fourth-order valence-electron chi connectivity index (χ4n) is 1.89. The van der Waals surface area contributed by atoms with E-state index in [2.05, 4.69) is 26.2 Å². The lowest BCUT2D eigenvalue weighted by atomic mass is 10.2. The molecule has 0 fully saturated rings. The maximum atomic E-state index is 12.2. The molecule has 10 heteroatoms. The maximum Gasteiger partial charge on any atom is 0.251 e. The van der Waals surface area contributed by atoms with Gasteiger partial charge in [0.2, 0.25) is 10.0 Å². The van der Waals surface area contributed by atoms with E-state index < -0.39 is 15.9 Å². The summed E-state index contributed by atoms with van der Waals surface area (Å²) in [5.41, 5.74) is 0.174. The van der Waals surface area contributed by atoms with Gasteiger partial charge in [-0.2, -0.15) is 0 Å². The smallest absolute Gasteiger partial charge is 0.251 e. The molecule has 2 aromatic rings. The highest BCUT2D eigenvalue weighted by Gasteiger charge is 2.19. The highest BCUT2D eigenvalue weighted by atomic mass is 79.9. The van der Waals surface area contributed by atoms with Crippen molar-refractivity contribution in [3.05, 3.63) is 44.8 Å². The zero-order valence-corrected chi connectivity index (χ0v) is 16.7. The number of Topliss-reactive ketones (excluding diaryl/α,β-unsaturated/α-hetero) is 1. The van der Waals surface area contributed by atoms with E-state index in [1.54, 1.807) is 5.38 Å². The molecule has 1 N–H and O–H groups in total. The lowest BCUT2D eigenvalue weighted by molar-refractivity contribution is -0.117. The van der Waals surface area contributed by atoms with Crippen molar-refractivity contribution in [2.45, 2.75) is 11.3 Å². The van der Waals surface area contributed by atoms with Gasteiger partial charge in [0.15, 0.2) is 5.78 Å². The Kier molecular flexibility index (Phi) is 6.44. The monoisotopic (exact) mass is 445 g/mol. The molecule has 7 nitrogen and oxygen atoms in total. The molecule has 25 heavy (non-hydrogen) atoms. The topological polar surface area (TPSA) is 96.4 Å². The van der Waals surface area contributed by atoms with Gasteiger partial charge in [-0.15, -0.1) is 11.3 Å². The molecule has 2 rings (SSSR count). The van der Waals surface area contributed by atoms with Crippen LogP contribution < -0.4 is 5.32 Å². The first-order valence-electron chi connectivity index (χ1n) is 7.12. The Morgan fingerprint density at radius 3 is 2.64 bits per heavy atom. The average molecular weight is 446 g/mol. The lowest BCUT2D eigenvalue weighted by Crippen LogP contribution is -2.30. The second kappa shape index (κ2) is 8.17. The number of carbonyl (C=O) groups excluding carboxylic acids is 2. The number of thiazole rings is 1. The number of hydrogen-bond acceptors (Lipinski definition) is 6. The molecule has 0 aliphatic heterocycles. The average Bonchev–Trinajstić information content (AvgIpc) is 2.97. The largest absolute Gasteiger partial charge is 0.345 e. The third kappa shape index (κ3) is 5.18. The fraction of sp³-hybridized carbons (Fsp3) is 0.267. The van der Waals surface area contributed by atoms with Gasteiger partial charge in [-0.25, -0.2) is 17.7 Å². The molecule has 0 aliphatic rings. The Bertz CT molecular complexity index is 894. The third-order valence-corrected chi connectivity index (χ3v) is 6.56. The van der Waals surface area contributed by atoms with Crippen LogP contribution in [0.2, 0.25) is 0 Å². The molecule has 0 saturated carbocycles. The van der Waals surface area contributed by atoms with E-state index in [0.29, 0.717) is 9.61 Å². The van der Waals surface area contributed by atoms with Crippen LogP contribution in [-0.2, 0) is 21.2 Å². The summed E-state index contributed by atoms with van der Waals surface area (Å²) in [7, 11) is -0.799. The van der Waals surface area contributed by atoms with Crippen molar-refractivity contribution in [2.75, 3.05) is 20.6 Å². The summed E-state index contributed by atoms with van der Waals surface area (Å²) in [6.07, 6.45) is 0.131. The van der Waals surface area contributed by atoms with E-state index in [-0.39, 0.29) is 29.2 Å². The summed E-state index contributed by atoms with van der Waals surface area (Å²) in [5.74, 6) is -0.697. The molecular formula is C15H16BrN3O4S2. The number of hydrogen-bond donors (Lipinski definition) is 1. The van der Waals surface area contributed by atoms with Crippen molar-refractivity contribution >= 4 is 49.0 Å². The van der Waals surface area contributed by atoms with Gasteiger partial charge < -0.3 is 5.32 Å². The number of carbonyl (C=O) groups is 2. The quantitative estimate of drug-likeness (QED) is 0.699. The first-order chi connectivity index (χ1) is 11.7. The lowest BCUT2D eigenvalue weighted by Gasteiger charge is -2.12. The number of rotatable bonds is 7. The van der Waals surface area contributed by atoms with Crippen LogP contribution in [0.4, 0.5) is 0 Å². The van der Waals surface area contributed by atoms with Crippen molar-refractivity contribution in [3.63, 3.8) is 0 Å². The standard InChI is InChI=1S/C15H16BrN3O4S2/c1-19(2)25(22,23)12-5-3-4-10(6-12)15(21)17-8-11(20)7-14-18-13(16)9-24-14/h3-6,9H,7-8H2,1-2H3,(H,17,21). The number of nitrogens with one attached hydrogen (secondary N) is 1. The van der Waals surface area contributed by atoms with Gasteiger partial charge in [-0.05, 0) is 34.1 Å². The molecule has 0 saturated heterocycles. The minimum Gasteiger partial charge on any atom is -0.345 e. The fourth-order valence-corrected chi connectivity index (χ4v) is 4.13. The molecule has 0 atom stereocenters. The summed E-state index contributed by atoms with van der Waals surface area (Å²) >= 11 is 4.57. The second-order valence-electron chi connectivity index (χ2n) is 5.28. The molecule has 0 aliphatic carbocycles. The molecule has 0 bridgehead atoms. The van der Waals surface area contributed by atoms with Crippen molar-refractivity contribution in [2.24, 2.45) is 0 Å². The van der Waals surface area contributed by atoms with Crippen LogP contribution in [0.3, 0.4) is 0 Å². The van der Waals surface area contributed by atoms with Crippen LogP contribution in [0.1, 0.15) is 15.4 Å². The molecule has 0 unspecified atom stereocenters. The number of amides is 1. The van der Waals surface area contributed by atoms with Crippen LogP contribution in [0.5, 0.6) is 0 Å². The predicted octanol–water partition coefficient (Wildman–Crippen LogP) is 1.70. The zero-order chi connectivity index (χ0) is 18.6. The number of benzene rings is 1. The Morgan fingerprint density at radius 2 is 2.04 bits per heavy atom. The van der Waals surface area contributed by atoms with Gasteiger partial charge in [0.05, 0.1) is 17.9 Å². The number of aromatic nitrogens is 1. The summed E-state index contributed by atoms with van der Waals surface area (Å²) in [6, 6.07) is 5.68. The third-order valence-electron chi connectivity index (χ3n) is 3.19. The van der Waals surface area contributed by atoms with E-state index in [9.17, 15) is 18.0 Å². The maximum absolute atomic E-state index is 12.2. The number of nitrogens with zero attached hydrogens (tertiary/aromatic N) is 2. The van der Waals surface area contributed by atoms with Crippen LogP contribution in [0.15, 0.2) is 39.1 Å². The van der Waals surface area contributed by atoms with Crippen LogP contribution in [0.25, 0.3) is 0 Å². The second-order valence-corrected chi connectivity index (χ2v) is 9.18. The summed E-state index contributed by atoms with van der Waals surface area (Å²) in [5, 5.41) is 4.94. The highest BCUT2D eigenvalue weighted by molar-refractivity contribution is 9.10. The summed E-state index contributed by atoms with van der Waals surface area (Å²) in [4.78, 5) is 28.2. The van der Waals surface area contributed by atoms with Crippen molar-refractivity contribution in [1.82, 2.24) is 14.6 Å². The number of sulfonamides is 1. The van der Waals surface area contributed by atoms with Gasteiger partial charge in [0.1, 0.15) is 9.61 Å². The van der Waals surface area contributed by atoms with Gasteiger partial charge in [0.25, 0.3) is 5.91 Å². The first kappa shape index (κ1) is 19.7. The Labute approximate surface area is 158 Å². The molecular weight excluding hydrogens is 430 g/mol. The Morgan fingerprint density at radius 1 is 1.32 bits per heavy atom. The van der Waals surface area contributed by atoms with Crippen LogP contribution >= 0.6 is 27.3 Å². The number of halogens is 1. The summed E-state index contributed by atoms with van der Waals surface area (Å²) < 4.78 is 26.0. The van der Waals surface area contributed by atoms with Gasteiger partial charge in [-0.3, -0.25) is 9.59 Å². The van der Waals surface area contributed by atoms with Gasteiger partial charge >= 0.3 is 0 Å². The first-order valence-corrected chi connectivity index (χ1v) is 10.2. The molecule has 1 aromatic carbocycles. The Hall–Kier alpha value is -1.62. The molecule has 1 heterocycles. The van der Waals surface area contributed by atoms with Crippen molar-refractivity contribution in [3.8, 4) is 0 Å². The highest BCUT2D eigenvalue weighted by Crippen LogP contribution is 2.16. The SMILES string of the molecule is CN(C)S(=O)(=O)c1cccc(C(=O)NCC(=O)Cc2nc(Br)cs2)c1. The zero-order valence-electron chi connectivity index (χ0n) is 13.5. The number of ketones is 1. The van der Waals surface area contributed by atoms with E-state index in [0.717, 1.165) is 4.31 Å². The van der Waals surface area contributed by atoms with Crippen LogP contribution in [0, 0.1) is 0 Å². The predicted molar refractivity (Wildman–Crippen MR) is 98.2 cm³/mol. The normalized spacial score (nSPS) is 11.5. The van der Waals surface area contributed by atoms with Gasteiger partial charge in [-0.1, -0.05) is 6.07 Å². The summed E-state index contributed by atoms with van der Waals surface area (Å²) in [6.45, 7) is -0.152. The molecule has 1 aromatic heterocycles. The minimum atomic E-state index is -3.63. The van der Waals surface area contributed by atoms with Crippen LogP contribution in [-0.4, -0.2) is 50.0 Å². The van der Waals surface area contributed by atoms with Crippen molar-refractivity contribution in [1.29, 1.82) is 0 Å². The molecule has 134 valence electrons. The van der Waals surface area contributed by atoms with E-state index in [1.807, 2.05) is 0 Å². The molecule has 1 amide bonds. The van der Waals surface area contributed by atoms with E-state index >= 15 is 0 Å². The Balaban J connectivity index is 2.00.